The average molecular weight is 362 g/mol. The highest BCUT2D eigenvalue weighted by Gasteiger charge is 2.37. The van der Waals surface area contributed by atoms with Crippen molar-refractivity contribution >= 4 is 17.8 Å². The number of aliphatic carboxylic acids is 1. The van der Waals surface area contributed by atoms with Gasteiger partial charge in [0.25, 0.3) is 0 Å². The maximum atomic E-state index is 13.0. The van der Waals surface area contributed by atoms with Crippen LogP contribution in [0.1, 0.15) is 73.1 Å². The number of hydrogen-bond acceptors (Lipinski definition) is 2. The molecule has 2 aromatic rings. The molecular formula is C24H26O3. The molecule has 1 N–H and O–H groups in total. The first-order valence-electron chi connectivity index (χ1n) is 9.31. The summed E-state index contributed by atoms with van der Waals surface area (Å²) in [7, 11) is 0. The molecule has 0 saturated heterocycles. The minimum atomic E-state index is -0.991. The van der Waals surface area contributed by atoms with Gasteiger partial charge >= 0.3 is 5.97 Å². The number of hydrogen-bond donors (Lipinski definition) is 1. The summed E-state index contributed by atoms with van der Waals surface area (Å²) in [4.78, 5) is 23.6. The number of benzene rings is 2. The van der Waals surface area contributed by atoms with E-state index in [9.17, 15) is 9.59 Å². The van der Waals surface area contributed by atoms with Crippen molar-refractivity contribution in [3.05, 3.63) is 76.4 Å². The first-order valence-corrected chi connectivity index (χ1v) is 9.31. The van der Waals surface area contributed by atoms with Gasteiger partial charge in [-0.2, -0.15) is 0 Å². The van der Waals surface area contributed by atoms with Gasteiger partial charge in [0.2, 0.25) is 0 Å². The van der Waals surface area contributed by atoms with Crippen LogP contribution in [0.25, 0.3) is 6.08 Å². The minimum absolute atomic E-state index is 0.00857. The fraction of sp³-hybridized carbons (Fsp3) is 0.333. The quantitative estimate of drug-likeness (QED) is 0.588. The highest BCUT2D eigenvalue weighted by Crippen LogP contribution is 2.46. The topological polar surface area (TPSA) is 54.4 Å². The first-order chi connectivity index (χ1) is 12.6. The van der Waals surface area contributed by atoms with E-state index in [1.807, 2.05) is 6.07 Å². The van der Waals surface area contributed by atoms with Crippen LogP contribution in [0.3, 0.4) is 0 Å². The lowest BCUT2D eigenvalue weighted by atomic mass is 9.63. The van der Waals surface area contributed by atoms with Gasteiger partial charge in [-0.25, -0.2) is 4.79 Å². The van der Waals surface area contributed by atoms with Gasteiger partial charge in [-0.1, -0.05) is 64.1 Å². The summed E-state index contributed by atoms with van der Waals surface area (Å²) in [5, 5.41) is 8.70. The normalized spacial score (nSPS) is 17.5. The number of ketones is 1. The molecule has 0 unspecified atom stereocenters. The molecule has 0 fully saturated rings. The van der Waals surface area contributed by atoms with Crippen LogP contribution in [0.4, 0.5) is 0 Å². The van der Waals surface area contributed by atoms with E-state index in [-0.39, 0.29) is 16.6 Å². The molecule has 0 atom stereocenters. The third-order valence-electron chi connectivity index (χ3n) is 5.71. The third kappa shape index (κ3) is 3.87. The monoisotopic (exact) mass is 362 g/mol. The summed E-state index contributed by atoms with van der Waals surface area (Å²) in [5.74, 6) is -1.000. The summed E-state index contributed by atoms with van der Waals surface area (Å²) >= 11 is 0. The summed E-state index contributed by atoms with van der Waals surface area (Å²) in [6.45, 7) is 9.04. The number of fused-ring (bicyclic) bond motifs is 1. The standard InChI is InChI=1S/C24H26O3/c1-23(2)13-14-24(3,4)20-15-18(10-11-19(20)23)22(27)17-8-5-16(6-9-17)7-12-21(25)26/h5-12,15H,13-14H2,1-4H3,(H,25,26). The second kappa shape index (κ2) is 6.80. The van der Waals surface area contributed by atoms with Crippen molar-refractivity contribution in [1.29, 1.82) is 0 Å². The minimum Gasteiger partial charge on any atom is -0.478 e. The van der Waals surface area contributed by atoms with E-state index in [0.29, 0.717) is 11.1 Å². The molecule has 0 radical (unpaired) electrons. The lowest BCUT2D eigenvalue weighted by Gasteiger charge is -2.42. The largest absolute Gasteiger partial charge is 0.478 e. The van der Waals surface area contributed by atoms with Gasteiger partial charge in [0.05, 0.1) is 0 Å². The molecule has 3 heteroatoms. The molecule has 3 rings (SSSR count). The summed E-state index contributed by atoms with van der Waals surface area (Å²) in [6.07, 6.45) is 4.85. The maximum absolute atomic E-state index is 13.0. The van der Waals surface area contributed by atoms with Crippen molar-refractivity contribution in [1.82, 2.24) is 0 Å². The lowest BCUT2D eigenvalue weighted by molar-refractivity contribution is -0.131. The molecule has 0 spiro atoms. The van der Waals surface area contributed by atoms with Crippen molar-refractivity contribution in [3.8, 4) is 0 Å². The van der Waals surface area contributed by atoms with Crippen molar-refractivity contribution in [2.45, 2.75) is 51.4 Å². The Morgan fingerprint density at radius 3 is 2.00 bits per heavy atom. The van der Waals surface area contributed by atoms with Crippen LogP contribution in [-0.2, 0) is 15.6 Å². The first kappa shape index (κ1) is 19.1. The van der Waals surface area contributed by atoms with E-state index in [4.69, 9.17) is 5.11 Å². The van der Waals surface area contributed by atoms with Gasteiger partial charge < -0.3 is 5.11 Å². The number of carboxylic acid groups (broad SMARTS) is 1. The predicted octanol–water partition coefficient (Wildman–Crippen LogP) is 5.36. The van der Waals surface area contributed by atoms with Gasteiger partial charge in [0.15, 0.2) is 5.78 Å². The van der Waals surface area contributed by atoms with Crippen LogP contribution in [0.5, 0.6) is 0 Å². The van der Waals surface area contributed by atoms with Crippen molar-refractivity contribution < 1.29 is 14.7 Å². The summed E-state index contributed by atoms with van der Waals surface area (Å²) < 4.78 is 0. The van der Waals surface area contributed by atoms with Crippen molar-refractivity contribution in [2.24, 2.45) is 0 Å². The Bertz CT molecular complexity index is 915. The molecule has 0 amide bonds. The molecule has 1 aliphatic carbocycles. The van der Waals surface area contributed by atoms with Gasteiger partial charge in [-0.05, 0) is 52.5 Å². The van der Waals surface area contributed by atoms with Gasteiger partial charge in [0.1, 0.15) is 0 Å². The number of rotatable bonds is 4. The molecule has 0 heterocycles. The molecule has 140 valence electrons. The van der Waals surface area contributed by atoms with Crippen LogP contribution in [0, 0.1) is 0 Å². The van der Waals surface area contributed by atoms with Crippen LogP contribution in [0.15, 0.2) is 48.5 Å². The van der Waals surface area contributed by atoms with E-state index in [1.165, 1.54) is 17.2 Å². The molecule has 0 aromatic heterocycles. The zero-order chi connectivity index (χ0) is 19.8. The van der Waals surface area contributed by atoms with Crippen molar-refractivity contribution in [3.63, 3.8) is 0 Å². The SMILES string of the molecule is CC1(C)CCC(C)(C)c2cc(C(=O)c3ccc(C=CC(=O)O)cc3)ccc21. The Balaban J connectivity index is 1.93. The van der Waals surface area contributed by atoms with E-state index >= 15 is 0 Å². The zero-order valence-electron chi connectivity index (χ0n) is 16.4. The smallest absolute Gasteiger partial charge is 0.328 e. The van der Waals surface area contributed by atoms with Crippen LogP contribution >= 0.6 is 0 Å². The average Bonchev–Trinajstić information content (AvgIpc) is 2.63. The van der Waals surface area contributed by atoms with E-state index in [0.717, 1.165) is 24.5 Å². The molecule has 0 saturated carbocycles. The molecular weight excluding hydrogens is 336 g/mol. The molecule has 1 aliphatic rings. The van der Waals surface area contributed by atoms with E-state index in [1.54, 1.807) is 24.3 Å². The second-order valence-electron chi connectivity index (χ2n) is 8.65. The summed E-state index contributed by atoms with van der Waals surface area (Å²) in [6, 6.07) is 13.1. The fourth-order valence-electron chi connectivity index (χ4n) is 3.81. The van der Waals surface area contributed by atoms with Crippen LogP contribution < -0.4 is 0 Å². The maximum Gasteiger partial charge on any atom is 0.328 e. The highest BCUT2D eigenvalue weighted by atomic mass is 16.4. The van der Waals surface area contributed by atoms with Gasteiger partial charge in [0, 0.05) is 17.2 Å². The third-order valence-corrected chi connectivity index (χ3v) is 5.71. The Morgan fingerprint density at radius 2 is 1.41 bits per heavy atom. The summed E-state index contributed by atoms with van der Waals surface area (Å²) in [5.41, 5.74) is 4.86. The van der Waals surface area contributed by atoms with Crippen LogP contribution in [0.2, 0.25) is 0 Å². The molecule has 27 heavy (non-hydrogen) atoms. The van der Waals surface area contributed by atoms with E-state index in [2.05, 4.69) is 39.8 Å². The fourth-order valence-corrected chi connectivity index (χ4v) is 3.81. The predicted molar refractivity (Wildman–Crippen MR) is 108 cm³/mol. The van der Waals surface area contributed by atoms with E-state index < -0.39 is 5.97 Å². The van der Waals surface area contributed by atoms with Crippen molar-refractivity contribution in [2.75, 3.05) is 0 Å². The Kier molecular flexibility index (Phi) is 4.81. The lowest BCUT2D eigenvalue weighted by Crippen LogP contribution is -2.34. The molecule has 3 nitrogen and oxygen atoms in total. The zero-order valence-corrected chi connectivity index (χ0v) is 16.4. The van der Waals surface area contributed by atoms with Crippen LogP contribution in [-0.4, -0.2) is 16.9 Å². The van der Waals surface area contributed by atoms with Gasteiger partial charge in [-0.3, -0.25) is 4.79 Å². The molecule has 0 bridgehead atoms. The number of carboxylic acids is 1. The number of carbonyl (C=O) groups is 2. The van der Waals surface area contributed by atoms with Gasteiger partial charge in [-0.15, -0.1) is 0 Å². The molecule has 0 aliphatic heterocycles. The second-order valence-corrected chi connectivity index (χ2v) is 8.65. The molecule has 2 aromatic carbocycles. The Labute approximate surface area is 160 Å². The Hall–Kier alpha value is -2.68. The highest BCUT2D eigenvalue weighted by molar-refractivity contribution is 6.09. The number of carbonyl (C=O) groups excluding carboxylic acids is 1. The Morgan fingerprint density at radius 1 is 0.852 bits per heavy atom.